The monoisotopic (exact) mass is 391 g/mol. The van der Waals surface area contributed by atoms with Gasteiger partial charge in [-0.15, -0.1) is 0 Å². The third kappa shape index (κ3) is 3.48. The average Bonchev–Trinajstić information content (AvgIpc) is 3.24. The first-order valence-corrected chi connectivity index (χ1v) is 8.84. The maximum Gasteiger partial charge on any atom is 0.274 e. The van der Waals surface area contributed by atoms with Crippen LogP contribution in [-0.4, -0.2) is 22.8 Å². The van der Waals surface area contributed by atoms with Gasteiger partial charge in [0, 0.05) is 10.4 Å². The molecule has 0 aliphatic heterocycles. The summed E-state index contributed by atoms with van der Waals surface area (Å²) in [6, 6.07) is 7.44. The summed E-state index contributed by atoms with van der Waals surface area (Å²) in [5.74, 6) is 0.942. The fourth-order valence-corrected chi connectivity index (χ4v) is 2.98. The van der Waals surface area contributed by atoms with Crippen molar-refractivity contribution in [1.82, 2.24) is 9.78 Å². The van der Waals surface area contributed by atoms with E-state index < -0.39 is 0 Å². The summed E-state index contributed by atoms with van der Waals surface area (Å²) in [5.41, 5.74) is 1.95. The fraction of sp³-hybridized carbons (Fsp3) is 0.444. The van der Waals surface area contributed by atoms with E-state index in [2.05, 4.69) is 26.3 Å². The molecule has 1 heterocycles. The molecule has 1 fully saturated rings. The quantitative estimate of drug-likeness (QED) is 0.831. The number of carbonyl (C=O) groups excluding carboxylic acids is 1. The molecular formula is C18H22BrN3O2. The minimum atomic E-state index is -0.263. The number of anilines is 1. The van der Waals surface area contributed by atoms with Crippen LogP contribution in [0, 0.1) is 0 Å². The first kappa shape index (κ1) is 17.0. The Hall–Kier alpha value is -1.82. The lowest BCUT2D eigenvalue weighted by Gasteiger charge is -2.22. The molecule has 0 unspecified atom stereocenters. The molecule has 5 nitrogen and oxygen atoms in total. The zero-order chi connectivity index (χ0) is 17.5. The van der Waals surface area contributed by atoms with Gasteiger partial charge in [0.1, 0.15) is 11.4 Å². The minimum absolute atomic E-state index is 0.180. The van der Waals surface area contributed by atoms with Gasteiger partial charge in [0.2, 0.25) is 0 Å². The van der Waals surface area contributed by atoms with Crippen molar-refractivity contribution in [2.24, 2.45) is 0 Å². The van der Waals surface area contributed by atoms with E-state index in [9.17, 15) is 4.79 Å². The first-order valence-electron chi connectivity index (χ1n) is 8.05. The van der Waals surface area contributed by atoms with Crippen molar-refractivity contribution in [2.45, 2.75) is 45.1 Å². The molecule has 0 spiro atoms. The number of methoxy groups -OCH3 is 1. The lowest BCUT2D eigenvalue weighted by Crippen LogP contribution is -2.29. The highest BCUT2D eigenvalue weighted by Crippen LogP contribution is 2.40. The Morgan fingerprint density at radius 2 is 2.04 bits per heavy atom. The van der Waals surface area contributed by atoms with Crippen LogP contribution in [0.2, 0.25) is 0 Å². The van der Waals surface area contributed by atoms with Crippen LogP contribution >= 0.6 is 15.9 Å². The predicted octanol–water partition coefficient (Wildman–Crippen LogP) is 4.54. The predicted molar refractivity (Wildman–Crippen MR) is 97.8 cm³/mol. The molecule has 3 rings (SSSR count). The van der Waals surface area contributed by atoms with Crippen LogP contribution < -0.4 is 10.1 Å². The van der Waals surface area contributed by atoms with E-state index >= 15 is 0 Å². The van der Waals surface area contributed by atoms with E-state index in [1.165, 1.54) is 0 Å². The molecule has 0 saturated heterocycles. The number of ether oxygens (including phenoxy) is 1. The number of nitrogens with one attached hydrogen (secondary N) is 1. The van der Waals surface area contributed by atoms with E-state index in [0.29, 0.717) is 23.0 Å². The molecule has 0 radical (unpaired) electrons. The molecule has 24 heavy (non-hydrogen) atoms. The van der Waals surface area contributed by atoms with Crippen LogP contribution in [-0.2, 0) is 5.54 Å². The lowest BCUT2D eigenvalue weighted by atomic mass is 10.1. The number of hydrogen-bond donors (Lipinski definition) is 1. The smallest absolute Gasteiger partial charge is 0.274 e. The van der Waals surface area contributed by atoms with Crippen molar-refractivity contribution < 1.29 is 9.53 Å². The lowest BCUT2D eigenvalue weighted by molar-refractivity contribution is 0.100. The molecule has 1 aliphatic rings. The van der Waals surface area contributed by atoms with E-state index in [4.69, 9.17) is 4.74 Å². The summed E-state index contributed by atoms with van der Waals surface area (Å²) in [6.45, 7) is 6.15. The Bertz CT molecular complexity index is 773. The molecule has 6 heteroatoms. The molecule has 1 saturated carbocycles. The van der Waals surface area contributed by atoms with Crippen molar-refractivity contribution in [3.63, 3.8) is 0 Å². The maximum absolute atomic E-state index is 12.9. The first-order chi connectivity index (χ1) is 11.3. The van der Waals surface area contributed by atoms with Crippen LogP contribution in [0.15, 0.2) is 28.7 Å². The Kier molecular flexibility index (Phi) is 4.42. The Balaban J connectivity index is 1.94. The topological polar surface area (TPSA) is 56.1 Å². The minimum Gasteiger partial charge on any atom is -0.495 e. The summed E-state index contributed by atoms with van der Waals surface area (Å²) in [7, 11) is 1.59. The highest BCUT2D eigenvalue weighted by atomic mass is 79.9. The normalized spacial score (nSPS) is 14.5. The SMILES string of the molecule is COc1ccc(Br)cc1NC(=O)c1cc(C2CC2)nn1C(C)(C)C. The summed E-state index contributed by atoms with van der Waals surface area (Å²) in [4.78, 5) is 12.9. The van der Waals surface area contributed by atoms with Crippen LogP contribution in [0.1, 0.15) is 55.7 Å². The van der Waals surface area contributed by atoms with Crippen molar-refractivity contribution in [3.05, 3.63) is 40.1 Å². The highest BCUT2D eigenvalue weighted by molar-refractivity contribution is 9.10. The van der Waals surface area contributed by atoms with Crippen molar-refractivity contribution in [1.29, 1.82) is 0 Å². The summed E-state index contributed by atoms with van der Waals surface area (Å²) in [5, 5.41) is 7.63. The largest absolute Gasteiger partial charge is 0.495 e. The van der Waals surface area contributed by atoms with Crippen molar-refractivity contribution in [3.8, 4) is 5.75 Å². The number of benzene rings is 1. The number of rotatable bonds is 4. The molecule has 1 N–H and O–H groups in total. The molecule has 1 aromatic carbocycles. The standard InChI is InChI=1S/C18H22BrN3O2/c1-18(2,3)22-15(10-13(21-22)11-5-6-11)17(23)20-14-9-12(19)7-8-16(14)24-4/h7-11H,5-6H2,1-4H3,(H,20,23). The molecule has 1 amide bonds. The zero-order valence-corrected chi connectivity index (χ0v) is 16.0. The van der Waals surface area contributed by atoms with Gasteiger partial charge in [0.15, 0.2) is 0 Å². The van der Waals surface area contributed by atoms with Crippen LogP contribution in [0.25, 0.3) is 0 Å². The van der Waals surface area contributed by atoms with Gasteiger partial charge in [0.25, 0.3) is 5.91 Å². The van der Waals surface area contributed by atoms with Gasteiger partial charge >= 0.3 is 0 Å². The molecule has 0 atom stereocenters. The third-order valence-electron chi connectivity index (χ3n) is 4.00. The molecule has 1 aliphatic carbocycles. The van der Waals surface area contributed by atoms with Crippen LogP contribution in [0.3, 0.4) is 0 Å². The number of hydrogen-bond acceptors (Lipinski definition) is 3. The number of aromatic nitrogens is 2. The Morgan fingerprint density at radius 1 is 1.33 bits per heavy atom. The van der Waals surface area contributed by atoms with Crippen LogP contribution in [0.4, 0.5) is 5.69 Å². The van der Waals surface area contributed by atoms with E-state index in [1.807, 2.05) is 49.7 Å². The van der Waals surface area contributed by atoms with Gasteiger partial charge in [-0.3, -0.25) is 9.48 Å². The molecule has 128 valence electrons. The molecule has 0 bridgehead atoms. The summed E-state index contributed by atoms with van der Waals surface area (Å²) < 4.78 is 8.03. The number of carbonyl (C=O) groups is 1. The Morgan fingerprint density at radius 3 is 2.62 bits per heavy atom. The maximum atomic E-state index is 12.9. The number of nitrogens with zero attached hydrogens (tertiary/aromatic N) is 2. The van der Waals surface area contributed by atoms with Gasteiger partial charge < -0.3 is 10.1 Å². The van der Waals surface area contributed by atoms with E-state index in [-0.39, 0.29) is 11.4 Å². The van der Waals surface area contributed by atoms with E-state index in [0.717, 1.165) is 23.0 Å². The van der Waals surface area contributed by atoms with Gasteiger partial charge in [-0.25, -0.2) is 0 Å². The second-order valence-electron chi connectivity index (χ2n) is 7.11. The van der Waals surface area contributed by atoms with Gasteiger partial charge in [-0.1, -0.05) is 15.9 Å². The van der Waals surface area contributed by atoms with Crippen LogP contribution in [0.5, 0.6) is 5.75 Å². The average molecular weight is 392 g/mol. The van der Waals surface area contributed by atoms with Gasteiger partial charge in [-0.05, 0) is 57.9 Å². The number of halogens is 1. The second-order valence-corrected chi connectivity index (χ2v) is 8.03. The molecule has 1 aromatic heterocycles. The number of amides is 1. The van der Waals surface area contributed by atoms with Crippen molar-refractivity contribution >= 4 is 27.5 Å². The summed E-state index contributed by atoms with van der Waals surface area (Å²) >= 11 is 3.42. The second kappa shape index (κ2) is 6.24. The fourth-order valence-electron chi connectivity index (χ4n) is 2.62. The summed E-state index contributed by atoms with van der Waals surface area (Å²) in [6.07, 6.45) is 2.31. The van der Waals surface area contributed by atoms with Gasteiger partial charge in [0.05, 0.1) is 24.0 Å². The zero-order valence-electron chi connectivity index (χ0n) is 14.4. The Labute approximate surface area is 150 Å². The third-order valence-corrected chi connectivity index (χ3v) is 4.49. The van der Waals surface area contributed by atoms with E-state index in [1.54, 1.807) is 7.11 Å². The van der Waals surface area contributed by atoms with Gasteiger partial charge in [-0.2, -0.15) is 5.10 Å². The van der Waals surface area contributed by atoms with Crippen molar-refractivity contribution in [2.75, 3.05) is 12.4 Å². The highest BCUT2D eigenvalue weighted by Gasteiger charge is 2.31. The molecular weight excluding hydrogens is 370 g/mol. The molecule has 2 aromatic rings.